The number of carbonyl (C=O) groups is 1. The fourth-order valence-electron chi connectivity index (χ4n) is 2.51. The summed E-state index contributed by atoms with van der Waals surface area (Å²) in [6.45, 7) is 2.31. The number of aromatic nitrogens is 2. The van der Waals surface area contributed by atoms with Gasteiger partial charge in [-0.05, 0) is 43.3 Å². The van der Waals surface area contributed by atoms with E-state index in [4.69, 9.17) is 10.5 Å². The molecule has 0 unspecified atom stereocenters. The van der Waals surface area contributed by atoms with Crippen LogP contribution < -0.4 is 10.5 Å². The Bertz CT molecular complexity index is 853. The summed E-state index contributed by atoms with van der Waals surface area (Å²) in [5.41, 5.74) is 8.63. The monoisotopic (exact) mass is 311 g/mol. The molecular formula is C17H17N3O3. The van der Waals surface area contributed by atoms with E-state index in [1.54, 1.807) is 16.7 Å². The Hall–Kier alpha value is -3.02. The van der Waals surface area contributed by atoms with Crippen LogP contribution in [-0.4, -0.2) is 27.2 Å². The summed E-state index contributed by atoms with van der Waals surface area (Å²) >= 11 is 0. The maximum atomic E-state index is 11.2. The normalized spacial score (nSPS) is 10.8. The first-order valence-corrected chi connectivity index (χ1v) is 7.29. The quantitative estimate of drug-likeness (QED) is 0.707. The number of nitrogens with zero attached hydrogens (tertiary/aromatic N) is 2. The molecule has 6 nitrogen and oxygen atoms in total. The topological polar surface area (TPSA) is 90.4 Å². The lowest BCUT2D eigenvalue weighted by molar-refractivity contribution is -0.137. The third kappa shape index (κ3) is 2.96. The van der Waals surface area contributed by atoms with Crippen molar-refractivity contribution < 1.29 is 14.6 Å². The van der Waals surface area contributed by atoms with Crippen molar-refractivity contribution in [3.63, 3.8) is 0 Å². The molecule has 0 aliphatic carbocycles. The average Bonchev–Trinajstić information content (AvgIpc) is 2.86. The summed E-state index contributed by atoms with van der Waals surface area (Å²) in [5, 5.41) is 9.21. The minimum atomic E-state index is -0.921. The largest absolute Gasteiger partial charge is 0.494 e. The molecule has 0 fully saturated rings. The van der Waals surface area contributed by atoms with Crippen LogP contribution in [0.15, 0.2) is 42.5 Å². The Morgan fingerprint density at radius 3 is 2.65 bits per heavy atom. The third-order valence-corrected chi connectivity index (χ3v) is 3.49. The Kier molecular flexibility index (Phi) is 3.89. The molecule has 3 N–H and O–H groups in total. The number of aliphatic carboxylic acids is 1. The maximum absolute atomic E-state index is 11.2. The highest BCUT2D eigenvalue weighted by atomic mass is 16.5. The van der Waals surface area contributed by atoms with Crippen LogP contribution in [0.3, 0.4) is 0 Å². The molecule has 0 amide bonds. The zero-order valence-corrected chi connectivity index (χ0v) is 12.7. The predicted molar refractivity (Wildman–Crippen MR) is 88.4 cm³/mol. The number of hydrogen-bond acceptors (Lipinski definition) is 4. The molecule has 6 heteroatoms. The molecular weight excluding hydrogens is 294 g/mol. The summed E-state index contributed by atoms with van der Waals surface area (Å²) in [7, 11) is 0. The molecule has 0 radical (unpaired) electrons. The van der Waals surface area contributed by atoms with Gasteiger partial charge in [0.2, 0.25) is 0 Å². The van der Waals surface area contributed by atoms with Crippen molar-refractivity contribution in [2.75, 3.05) is 12.3 Å². The van der Waals surface area contributed by atoms with Gasteiger partial charge in [0.05, 0.1) is 17.6 Å². The Balaban J connectivity index is 2.17. The van der Waals surface area contributed by atoms with E-state index in [1.165, 1.54) is 0 Å². The predicted octanol–water partition coefficient (Wildman–Crippen LogP) is 2.77. The lowest BCUT2D eigenvalue weighted by atomic mass is 10.2. The molecule has 1 aromatic heterocycles. The van der Waals surface area contributed by atoms with E-state index in [0.29, 0.717) is 29.4 Å². The number of nitrogens with two attached hydrogens (primary N) is 1. The number of carboxylic acid groups (broad SMARTS) is 1. The summed E-state index contributed by atoms with van der Waals surface area (Å²) in [5.74, 6) is 0.384. The van der Waals surface area contributed by atoms with Gasteiger partial charge in [0.25, 0.3) is 0 Å². The molecule has 0 atom stereocenters. The number of fused-ring (bicyclic) bond motifs is 1. The molecule has 118 valence electrons. The van der Waals surface area contributed by atoms with Crippen LogP contribution in [0.1, 0.15) is 6.92 Å². The lowest BCUT2D eigenvalue weighted by Gasteiger charge is -2.07. The van der Waals surface area contributed by atoms with E-state index < -0.39 is 5.97 Å². The molecule has 0 saturated carbocycles. The molecule has 23 heavy (non-hydrogen) atoms. The van der Waals surface area contributed by atoms with Crippen molar-refractivity contribution in [3.8, 4) is 17.1 Å². The van der Waals surface area contributed by atoms with Crippen LogP contribution in [0.25, 0.3) is 22.4 Å². The number of carboxylic acids is 1. The molecule has 3 rings (SSSR count). The highest BCUT2D eigenvalue weighted by Gasteiger charge is 2.15. The summed E-state index contributed by atoms with van der Waals surface area (Å²) in [6.07, 6.45) is 0. The standard InChI is InChI=1S/C17H17N3O3/c1-2-23-13-7-8-15-14(9-13)19-17(20(15)10-16(21)22)11-3-5-12(18)6-4-11/h3-9H,2,10,18H2,1H3,(H,21,22). The number of ether oxygens (including phenoxy) is 1. The molecule has 0 aliphatic heterocycles. The second kappa shape index (κ2) is 6.00. The van der Waals surface area contributed by atoms with Crippen LogP contribution in [-0.2, 0) is 11.3 Å². The Morgan fingerprint density at radius 1 is 1.26 bits per heavy atom. The first-order valence-electron chi connectivity index (χ1n) is 7.29. The van der Waals surface area contributed by atoms with Crippen LogP contribution in [0.4, 0.5) is 5.69 Å². The van der Waals surface area contributed by atoms with Gasteiger partial charge in [-0.1, -0.05) is 0 Å². The lowest BCUT2D eigenvalue weighted by Crippen LogP contribution is -2.10. The van der Waals surface area contributed by atoms with Crippen molar-refractivity contribution in [3.05, 3.63) is 42.5 Å². The van der Waals surface area contributed by atoms with Crippen LogP contribution in [0.5, 0.6) is 5.75 Å². The smallest absolute Gasteiger partial charge is 0.323 e. The van der Waals surface area contributed by atoms with Gasteiger partial charge in [-0.3, -0.25) is 4.79 Å². The second-order valence-electron chi connectivity index (χ2n) is 5.12. The molecule has 0 bridgehead atoms. The van der Waals surface area contributed by atoms with E-state index in [9.17, 15) is 9.90 Å². The van der Waals surface area contributed by atoms with Gasteiger partial charge >= 0.3 is 5.97 Å². The summed E-state index contributed by atoms with van der Waals surface area (Å²) in [6, 6.07) is 12.7. The first kappa shape index (κ1) is 14.9. The van der Waals surface area contributed by atoms with Gasteiger partial charge < -0.3 is 20.1 Å². The highest BCUT2D eigenvalue weighted by Crippen LogP contribution is 2.28. The number of nitrogen functional groups attached to an aromatic ring is 1. The number of anilines is 1. The first-order chi connectivity index (χ1) is 11.1. The average molecular weight is 311 g/mol. The van der Waals surface area contributed by atoms with E-state index in [2.05, 4.69) is 4.98 Å². The van der Waals surface area contributed by atoms with Crippen molar-refractivity contribution >= 4 is 22.7 Å². The third-order valence-electron chi connectivity index (χ3n) is 3.49. The van der Waals surface area contributed by atoms with Gasteiger partial charge in [0.1, 0.15) is 18.1 Å². The van der Waals surface area contributed by atoms with Crippen LogP contribution in [0.2, 0.25) is 0 Å². The van der Waals surface area contributed by atoms with Crippen molar-refractivity contribution in [2.45, 2.75) is 13.5 Å². The molecule has 1 heterocycles. The van der Waals surface area contributed by atoms with Gasteiger partial charge in [0.15, 0.2) is 0 Å². The fourth-order valence-corrected chi connectivity index (χ4v) is 2.51. The van der Waals surface area contributed by atoms with Gasteiger partial charge in [-0.25, -0.2) is 4.98 Å². The van der Waals surface area contributed by atoms with Crippen LogP contribution in [0, 0.1) is 0 Å². The summed E-state index contributed by atoms with van der Waals surface area (Å²) < 4.78 is 7.16. The molecule has 0 saturated heterocycles. The SMILES string of the molecule is CCOc1ccc2c(c1)nc(-c1ccc(N)cc1)n2CC(=O)O. The molecule has 2 aromatic carbocycles. The molecule has 0 spiro atoms. The van der Waals surface area contributed by atoms with E-state index in [1.807, 2.05) is 37.3 Å². The maximum Gasteiger partial charge on any atom is 0.323 e. The van der Waals surface area contributed by atoms with E-state index in [-0.39, 0.29) is 6.54 Å². The molecule has 3 aromatic rings. The minimum Gasteiger partial charge on any atom is -0.494 e. The van der Waals surface area contributed by atoms with Gasteiger partial charge in [-0.15, -0.1) is 0 Å². The Morgan fingerprint density at radius 2 is 2.00 bits per heavy atom. The summed E-state index contributed by atoms with van der Waals surface area (Å²) in [4.78, 5) is 15.8. The van der Waals surface area contributed by atoms with E-state index >= 15 is 0 Å². The minimum absolute atomic E-state index is 0.163. The van der Waals surface area contributed by atoms with Crippen molar-refractivity contribution in [1.29, 1.82) is 0 Å². The molecule has 0 aliphatic rings. The number of rotatable bonds is 5. The zero-order chi connectivity index (χ0) is 16.4. The van der Waals surface area contributed by atoms with Crippen LogP contribution >= 0.6 is 0 Å². The Labute approximate surface area is 133 Å². The zero-order valence-electron chi connectivity index (χ0n) is 12.7. The number of benzene rings is 2. The van der Waals surface area contributed by atoms with Gasteiger partial charge in [-0.2, -0.15) is 0 Å². The fraction of sp³-hybridized carbons (Fsp3) is 0.176. The second-order valence-corrected chi connectivity index (χ2v) is 5.12. The van der Waals surface area contributed by atoms with Crippen molar-refractivity contribution in [2.24, 2.45) is 0 Å². The number of hydrogen-bond donors (Lipinski definition) is 2. The number of imidazole rings is 1. The van der Waals surface area contributed by atoms with E-state index in [0.717, 1.165) is 11.1 Å². The van der Waals surface area contributed by atoms with Gasteiger partial charge in [0, 0.05) is 17.3 Å². The highest BCUT2D eigenvalue weighted by molar-refractivity contribution is 5.84. The van der Waals surface area contributed by atoms with Crippen molar-refractivity contribution in [1.82, 2.24) is 9.55 Å².